The number of aryl methyl sites for hydroxylation is 1. The zero-order chi connectivity index (χ0) is 15.0. The van der Waals surface area contributed by atoms with E-state index < -0.39 is 0 Å². The Bertz CT molecular complexity index is 681. The second-order valence-corrected chi connectivity index (χ2v) is 5.63. The number of halogens is 1. The van der Waals surface area contributed by atoms with Gasteiger partial charge in [-0.15, -0.1) is 0 Å². The monoisotopic (exact) mass is 285 g/mol. The number of fused-ring (bicyclic) bond motifs is 1. The van der Waals surface area contributed by atoms with Crippen molar-refractivity contribution in [3.63, 3.8) is 0 Å². The lowest BCUT2D eigenvalue weighted by atomic mass is 10.0. The molecule has 2 nitrogen and oxygen atoms in total. The summed E-state index contributed by atoms with van der Waals surface area (Å²) in [5.74, 6) is 0.826. The lowest BCUT2D eigenvalue weighted by molar-refractivity contribution is 0.409. The van der Waals surface area contributed by atoms with Gasteiger partial charge < -0.3 is 10.1 Å². The van der Waals surface area contributed by atoms with Gasteiger partial charge in [-0.3, -0.25) is 0 Å². The van der Waals surface area contributed by atoms with Crippen LogP contribution in [0.4, 0.5) is 10.1 Å². The van der Waals surface area contributed by atoms with Crippen LogP contribution < -0.4 is 10.1 Å². The third kappa shape index (κ3) is 2.37. The molecule has 3 rings (SSSR count). The molecule has 0 heterocycles. The number of nitrogens with one attached hydrogen (secondary N) is 1. The van der Waals surface area contributed by atoms with Gasteiger partial charge in [-0.25, -0.2) is 4.39 Å². The fourth-order valence-electron chi connectivity index (χ4n) is 3.24. The molecule has 0 radical (unpaired) electrons. The molecule has 0 fully saturated rings. The van der Waals surface area contributed by atoms with E-state index >= 15 is 0 Å². The summed E-state index contributed by atoms with van der Waals surface area (Å²) in [5.41, 5.74) is 5.21. The second kappa shape index (κ2) is 5.40. The van der Waals surface area contributed by atoms with E-state index in [-0.39, 0.29) is 11.9 Å². The van der Waals surface area contributed by atoms with Gasteiger partial charge in [-0.1, -0.05) is 18.2 Å². The van der Waals surface area contributed by atoms with Crippen molar-refractivity contribution in [2.75, 3.05) is 12.4 Å². The molecule has 2 aromatic carbocycles. The minimum absolute atomic E-state index is 0.0880. The molecule has 0 saturated heterocycles. The second-order valence-electron chi connectivity index (χ2n) is 5.63. The molecular formula is C18H20FNO. The third-order valence-electron chi connectivity index (χ3n) is 4.35. The zero-order valence-corrected chi connectivity index (χ0v) is 12.7. The van der Waals surface area contributed by atoms with Gasteiger partial charge in [0.1, 0.15) is 11.6 Å². The molecule has 1 N–H and O–H groups in total. The highest BCUT2D eigenvalue weighted by molar-refractivity contribution is 5.61. The highest BCUT2D eigenvalue weighted by atomic mass is 19.1. The molecule has 0 aliphatic heterocycles. The van der Waals surface area contributed by atoms with E-state index in [1.165, 1.54) is 0 Å². The SMILES string of the molecule is COc1c(C)ccc(NC2CCc3c(F)cccc32)c1C. The Labute approximate surface area is 125 Å². The fourth-order valence-corrected chi connectivity index (χ4v) is 3.24. The Kier molecular flexibility index (Phi) is 3.58. The number of benzene rings is 2. The van der Waals surface area contributed by atoms with Crippen molar-refractivity contribution in [1.29, 1.82) is 0 Å². The number of anilines is 1. The summed E-state index contributed by atoms with van der Waals surface area (Å²) in [5, 5.41) is 3.55. The average molecular weight is 285 g/mol. The van der Waals surface area contributed by atoms with E-state index in [0.717, 1.165) is 46.5 Å². The van der Waals surface area contributed by atoms with Crippen molar-refractivity contribution < 1.29 is 9.13 Å². The first-order chi connectivity index (χ1) is 10.1. The molecule has 21 heavy (non-hydrogen) atoms. The van der Waals surface area contributed by atoms with Crippen molar-refractivity contribution in [3.8, 4) is 5.75 Å². The minimum atomic E-state index is -0.0880. The third-order valence-corrected chi connectivity index (χ3v) is 4.35. The van der Waals surface area contributed by atoms with Crippen LogP contribution in [0.3, 0.4) is 0 Å². The van der Waals surface area contributed by atoms with Crippen molar-refractivity contribution in [2.24, 2.45) is 0 Å². The standard InChI is InChI=1S/C18H20FNO/c1-11-7-9-16(12(2)18(11)21-3)20-17-10-8-13-14(17)5-4-6-15(13)19/h4-7,9,17,20H,8,10H2,1-3H3. The fraction of sp³-hybridized carbons (Fsp3) is 0.333. The molecule has 0 bridgehead atoms. The number of hydrogen-bond donors (Lipinski definition) is 1. The van der Waals surface area contributed by atoms with E-state index in [1.54, 1.807) is 19.2 Å². The maximum absolute atomic E-state index is 13.8. The quantitative estimate of drug-likeness (QED) is 0.893. The van der Waals surface area contributed by atoms with Crippen LogP contribution in [0.2, 0.25) is 0 Å². The van der Waals surface area contributed by atoms with Crippen LogP contribution in [0.1, 0.15) is 34.7 Å². The van der Waals surface area contributed by atoms with Crippen molar-refractivity contribution >= 4 is 5.69 Å². The molecule has 1 unspecified atom stereocenters. The number of methoxy groups -OCH3 is 1. The Balaban J connectivity index is 1.92. The van der Waals surface area contributed by atoms with Gasteiger partial charge in [0.25, 0.3) is 0 Å². The summed E-state index contributed by atoms with van der Waals surface area (Å²) in [4.78, 5) is 0. The summed E-state index contributed by atoms with van der Waals surface area (Å²) in [7, 11) is 1.69. The zero-order valence-electron chi connectivity index (χ0n) is 12.7. The van der Waals surface area contributed by atoms with Crippen LogP contribution in [0, 0.1) is 19.7 Å². The van der Waals surface area contributed by atoms with E-state index in [9.17, 15) is 4.39 Å². The summed E-state index contributed by atoms with van der Waals surface area (Å²) in [6.07, 6.45) is 1.72. The summed E-state index contributed by atoms with van der Waals surface area (Å²) in [6, 6.07) is 9.64. The number of hydrogen-bond acceptors (Lipinski definition) is 2. The molecular weight excluding hydrogens is 265 g/mol. The van der Waals surface area contributed by atoms with Crippen LogP contribution >= 0.6 is 0 Å². The molecule has 3 heteroatoms. The molecule has 0 aromatic heterocycles. The summed E-state index contributed by atoms with van der Waals surface area (Å²) >= 11 is 0. The number of ether oxygens (including phenoxy) is 1. The lowest BCUT2D eigenvalue weighted by Gasteiger charge is -2.19. The Morgan fingerprint density at radius 1 is 1.19 bits per heavy atom. The number of rotatable bonds is 3. The Morgan fingerprint density at radius 2 is 2.00 bits per heavy atom. The Hall–Kier alpha value is -2.03. The van der Waals surface area contributed by atoms with Crippen LogP contribution in [-0.4, -0.2) is 7.11 Å². The maximum atomic E-state index is 13.8. The topological polar surface area (TPSA) is 21.3 Å². The molecule has 0 amide bonds. The predicted molar refractivity (Wildman–Crippen MR) is 83.6 cm³/mol. The van der Waals surface area contributed by atoms with E-state index in [1.807, 2.05) is 13.0 Å². The van der Waals surface area contributed by atoms with Gasteiger partial charge in [-0.2, -0.15) is 0 Å². The average Bonchev–Trinajstić information content (AvgIpc) is 2.87. The maximum Gasteiger partial charge on any atom is 0.126 e. The molecule has 0 spiro atoms. The van der Waals surface area contributed by atoms with Gasteiger partial charge in [0.05, 0.1) is 13.2 Å². The molecule has 1 aliphatic rings. The van der Waals surface area contributed by atoms with Crippen LogP contribution in [0.5, 0.6) is 5.75 Å². The van der Waals surface area contributed by atoms with Crippen LogP contribution in [0.15, 0.2) is 30.3 Å². The van der Waals surface area contributed by atoms with Crippen molar-refractivity contribution in [1.82, 2.24) is 0 Å². The van der Waals surface area contributed by atoms with Crippen LogP contribution in [-0.2, 0) is 6.42 Å². The van der Waals surface area contributed by atoms with Crippen LogP contribution in [0.25, 0.3) is 0 Å². The van der Waals surface area contributed by atoms with Gasteiger partial charge in [0, 0.05) is 11.3 Å². The molecule has 2 aromatic rings. The smallest absolute Gasteiger partial charge is 0.126 e. The summed E-state index contributed by atoms with van der Waals surface area (Å²) < 4.78 is 19.3. The highest BCUT2D eigenvalue weighted by Gasteiger charge is 2.25. The lowest BCUT2D eigenvalue weighted by Crippen LogP contribution is -2.09. The molecule has 110 valence electrons. The Morgan fingerprint density at radius 3 is 2.76 bits per heavy atom. The van der Waals surface area contributed by atoms with Gasteiger partial charge in [-0.05, 0) is 55.5 Å². The van der Waals surface area contributed by atoms with Crippen molar-refractivity contribution in [3.05, 3.63) is 58.4 Å². The minimum Gasteiger partial charge on any atom is -0.496 e. The first-order valence-corrected chi connectivity index (χ1v) is 7.30. The predicted octanol–water partition coefficient (Wildman–Crippen LogP) is 4.55. The first-order valence-electron chi connectivity index (χ1n) is 7.30. The van der Waals surface area contributed by atoms with Gasteiger partial charge in [0.15, 0.2) is 0 Å². The van der Waals surface area contributed by atoms with Gasteiger partial charge in [0.2, 0.25) is 0 Å². The summed E-state index contributed by atoms with van der Waals surface area (Å²) in [6.45, 7) is 4.09. The van der Waals surface area contributed by atoms with E-state index in [4.69, 9.17) is 4.74 Å². The molecule has 0 saturated carbocycles. The highest BCUT2D eigenvalue weighted by Crippen LogP contribution is 2.37. The largest absolute Gasteiger partial charge is 0.496 e. The first kappa shape index (κ1) is 13.9. The molecule has 1 aliphatic carbocycles. The van der Waals surface area contributed by atoms with E-state index in [0.29, 0.717) is 0 Å². The molecule has 1 atom stereocenters. The van der Waals surface area contributed by atoms with E-state index in [2.05, 4.69) is 24.4 Å². The van der Waals surface area contributed by atoms with Crippen molar-refractivity contribution in [2.45, 2.75) is 32.7 Å². The van der Waals surface area contributed by atoms with Gasteiger partial charge >= 0.3 is 0 Å². The normalized spacial score (nSPS) is 16.7.